The van der Waals surface area contributed by atoms with Crippen molar-refractivity contribution < 1.29 is 9.53 Å². The molecule has 0 N–H and O–H groups in total. The van der Waals surface area contributed by atoms with E-state index < -0.39 is 0 Å². The van der Waals surface area contributed by atoms with Crippen molar-refractivity contribution in [3.05, 3.63) is 40.6 Å². The van der Waals surface area contributed by atoms with Crippen molar-refractivity contribution in [3.8, 4) is 0 Å². The second-order valence-corrected chi connectivity index (χ2v) is 5.61. The van der Waals surface area contributed by atoms with Crippen LogP contribution in [-0.4, -0.2) is 22.1 Å². The highest BCUT2D eigenvalue weighted by Gasteiger charge is 2.20. The molecule has 0 aliphatic carbocycles. The first kappa shape index (κ1) is 13.8. The normalized spacial score (nSPS) is 12.6. The number of rotatable bonds is 5. The summed E-state index contributed by atoms with van der Waals surface area (Å²) in [7, 11) is 0. The molecular formula is C14H18N2O2S. The highest BCUT2D eigenvalue weighted by atomic mass is 32.1. The van der Waals surface area contributed by atoms with Crippen LogP contribution in [0.3, 0.4) is 0 Å². The smallest absolute Gasteiger partial charge is 0.358 e. The summed E-state index contributed by atoms with van der Waals surface area (Å²) in [6, 6.07) is 4.36. The molecule has 19 heavy (non-hydrogen) atoms. The summed E-state index contributed by atoms with van der Waals surface area (Å²) in [6.45, 7) is 6.48. The van der Waals surface area contributed by atoms with E-state index in [4.69, 9.17) is 4.74 Å². The largest absolute Gasteiger partial charge is 0.461 e. The van der Waals surface area contributed by atoms with Gasteiger partial charge in [-0.2, -0.15) is 0 Å². The van der Waals surface area contributed by atoms with E-state index in [0.29, 0.717) is 18.2 Å². The Morgan fingerprint density at radius 1 is 1.53 bits per heavy atom. The summed E-state index contributed by atoms with van der Waals surface area (Å²) in [5, 5.41) is 2.06. The molecule has 0 amide bonds. The van der Waals surface area contributed by atoms with Crippen LogP contribution in [0.2, 0.25) is 0 Å². The first-order valence-electron chi connectivity index (χ1n) is 6.37. The summed E-state index contributed by atoms with van der Waals surface area (Å²) < 4.78 is 6.95. The highest BCUT2D eigenvalue weighted by Crippen LogP contribution is 2.29. The number of carbonyl (C=O) groups excluding carboxylic acids is 1. The molecule has 0 bridgehead atoms. The lowest BCUT2D eigenvalue weighted by atomic mass is 10.0. The Labute approximate surface area is 117 Å². The van der Waals surface area contributed by atoms with Crippen LogP contribution in [0.25, 0.3) is 0 Å². The van der Waals surface area contributed by atoms with E-state index >= 15 is 0 Å². The predicted octanol–water partition coefficient (Wildman–Crippen LogP) is 3.37. The molecule has 0 spiro atoms. The average molecular weight is 278 g/mol. The first-order chi connectivity index (χ1) is 9.13. The van der Waals surface area contributed by atoms with Gasteiger partial charge in [0.15, 0.2) is 5.69 Å². The monoisotopic (exact) mass is 278 g/mol. The molecule has 0 saturated heterocycles. The molecule has 0 aliphatic rings. The molecular weight excluding hydrogens is 260 g/mol. The van der Waals surface area contributed by atoms with Gasteiger partial charge in [-0.15, -0.1) is 11.3 Å². The van der Waals surface area contributed by atoms with Crippen molar-refractivity contribution in [1.82, 2.24) is 9.55 Å². The summed E-state index contributed by atoms with van der Waals surface area (Å²) >= 11 is 1.72. The third-order valence-corrected chi connectivity index (χ3v) is 3.82. The number of carbonyl (C=O) groups is 1. The third kappa shape index (κ3) is 3.04. The Hall–Kier alpha value is -1.62. The molecule has 2 heterocycles. The van der Waals surface area contributed by atoms with E-state index in [1.807, 2.05) is 10.6 Å². The van der Waals surface area contributed by atoms with Crippen LogP contribution in [0.1, 0.15) is 42.2 Å². The molecule has 2 rings (SSSR count). The Balaban J connectivity index is 2.27. The van der Waals surface area contributed by atoms with Crippen LogP contribution in [-0.2, 0) is 4.74 Å². The van der Waals surface area contributed by atoms with Crippen molar-refractivity contribution in [2.24, 2.45) is 5.92 Å². The SMILES string of the molecule is CCOC(=O)c1cn(C(c2cccs2)C(C)C)cn1. The minimum Gasteiger partial charge on any atom is -0.461 e. The predicted molar refractivity (Wildman–Crippen MR) is 75.5 cm³/mol. The Kier molecular flexibility index (Phi) is 4.37. The first-order valence-corrected chi connectivity index (χ1v) is 7.25. The van der Waals surface area contributed by atoms with Gasteiger partial charge in [-0.3, -0.25) is 0 Å². The molecule has 0 fully saturated rings. The fraction of sp³-hybridized carbons (Fsp3) is 0.429. The fourth-order valence-corrected chi connectivity index (χ4v) is 3.08. The number of imidazole rings is 1. The standard InChI is InChI=1S/C14H18N2O2S/c1-4-18-14(17)11-8-16(9-15-11)13(10(2)3)12-6-5-7-19-12/h5-10,13H,4H2,1-3H3. The summed E-state index contributed by atoms with van der Waals surface area (Å²) in [5.41, 5.74) is 0.365. The zero-order chi connectivity index (χ0) is 13.8. The van der Waals surface area contributed by atoms with Gasteiger partial charge < -0.3 is 9.30 Å². The van der Waals surface area contributed by atoms with Crippen molar-refractivity contribution >= 4 is 17.3 Å². The topological polar surface area (TPSA) is 44.1 Å². The lowest BCUT2D eigenvalue weighted by Crippen LogP contribution is -2.14. The second-order valence-electron chi connectivity index (χ2n) is 4.63. The van der Waals surface area contributed by atoms with Gasteiger partial charge in [0, 0.05) is 11.1 Å². The van der Waals surface area contributed by atoms with Crippen molar-refractivity contribution in [2.75, 3.05) is 6.61 Å². The van der Waals surface area contributed by atoms with Gasteiger partial charge in [0.1, 0.15) is 0 Å². The Bertz CT molecular complexity index is 531. The fourth-order valence-electron chi connectivity index (χ4n) is 2.08. The molecule has 0 saturated carbocycles. The van der Waals surface area contributed by atoms with Crippen LogP contribution in [0.5, 0.6) is 0 Å². The van der Waals surface area contributed by atoms with E-state index in [-0.39, 0.29) is 12.0 Å². The molecule has 2 aromatic rings. The van der Waals surface area contributed by atoms with Gasteiger partial charge in [-0.1, -0.05) is 19.9 Å². The molecule has 102 valence electrons. The van der Waals surface area contributed by atoms with Crippen molar-refractivity contribution in [3.63, 3.8) is 0 Å². The molecule has 0 aliphatic heterocycles. The van der Waals surface area contributed by atoms with Gasteiger partial charge in [0.05, 0.1) is 19.0 Å². The van der Waals surface area contributed by atoms with Gasteiger partial charge in [0.25, 0.3) is 0 Å². The number of hydrogen-bond acceptors (Lipinski definition) is 4. The minimum atomic E-state index is -0.366. The van der Waals surface area contributed by atoms with Crippen molar-refractivity contribution in [2.45, 2.75) is 26.8 Å². The number of esters is 1. The molecule has 0 aromatic carbocycles. The number of aromatic nitrogens is 2. The van der Waals surface area contributed by atoms with E-state index in [1.54, 1.807) is 30.8 Å². The van der Waals surface area contributed by atoms with E-state index in [9.17, 15) is 4.79 Å². The number of thiophene rings is 1. The molecule has 2 aromatic heterocycles. The average Bonchev–Trinajstić information content (AvgIpc) is 3.00. The van der Waals surface area contributed by atoms with Gasteiger partial charge in [0.2, 0.25) is 0 Å². The van der Waals surface area contributed by atoms with E-state index in [2.05, 4.69) is 30.3 Å². The van der Waals surface area contributed by atoms with Crippen molar-refractivity contribution in [1.29, 1.82) is 0 Å². The van der Waals surface area contributed by atoms with Crippen LogP contribution in [0, 0.1) is 5.92 Å². The van der Waals surface area contributed by atoms with Crippen LogP contribution >= 0.6 is 11.3 Å². The molecule has 5 heteroatoms. The Morgan fingerprint density at radius 2 is 2.32 bits per heavy atom. The third-order valence-electron chi connectivity index (χ3n) is 2.87. The quantitative estimate of drug-likeness (QED) is 0.788. The van der Waals surface area contributed by atoms with Crippen LogP contribution in [0.4, 0.5) is 0 Å². The van der Waals surface area contributed by atoms with Gasteiger partial charge in [-0.05, 0) is 24.3 Å². The lowest BCUT2D eigenvalue weighted by Gasteiger charge is -2.20. The maximum atomic E-state index is 11.6. The molecule has 0 radical (unpaired) electrons. The highest BCUT2D eigenvalue weighted by molar-refractivity contribution is 7.10. The molecule has 1 atom stereocenters. The van der Waals surface area contributed by atoms with Gasteiger partial charge >= 0.3 is 5.97 Å². The van der Waals surface area contributed by atoms with E-state index in [1.165, 1.54) is 4.88 Å². The number of nitrogens with zero attached hydrogens (tertiary/aromatic N) is 2. The zero-order valence-corrected chi connectivity index (χ0v) is 12.2. The maximum Gasteiger partial charge on any atom is 0.358 e. The van der Waals surface area contributed by atoms with Gasteiger partial charge in [-0.25, -0.2) is 9.78 Å². The molecule has 1 unspecified atom stereocenters. The number of hydrogen-bond donors (Lipinski definition) is 0. The second kappa shape index (κ2) is 6.02. The van der Waals surface area contributed by atoms with Crippen LogP contribution in [0.15, 0.2) is 30.0 Å². The lowest BCUT2D eigenvalue weighted by molar-refractivity contribution is 0.0520. The minimum absolute atomic E-state index is 0.204. The zero-order valence-electron chi connectivity index (χ0n) is 11.4. The van der Waals surface area contributed by atoms with E-state index in [0.717, 1.165) is 0 Å². The summed E-state index contributed by atoms with van der Waals surface area (Å²) in [4.78, 5) is 17.0. The summed E-state index contributed by atoms with van der Waals surface area (Å²) in [5.74, 6) is 0.0535. The number of ether oxygens (including phenoxy) is 1. The Morgan fingerprint density at radius 3 is 2.89 bits per heavy atom. The molecule has 4 nitrogen and oxygen atoms in total. The summed E-state index contributed by atoms with van der Waals surface area (Å²) in [6.07, 6.45) is 3.47. The van der Waals surface area contributed by atoms with Crippen LogP contribution < -0.4 is 0 Å². The maximum absolute atomic E-state index is 11.6.